The lowest BCUT2D eigenvalue weighted by atomic mass is 10.1. The summed E-state index contributed by atoms with van der Waals surface area (Å²) in [6.45, 7) is 1.90. The Hall–Kier alpha value is -2.42. The van der Waals surface area contributed by atoms with Crippen LogP contribution in [0, 0.1) is 0 Å². The minimum Gasteiger partial charge on any atom is -0.353 e. The summed E-state index contributed by atoms with van der Waals surface area (Å²) in [5, 5.41) is 2.48. The predicted octanol–water partition coefficient (Wildman–Crippen LogP) is 3.86. The third-order valence-corrected chi connectivity index (χ3v) is 3.16. The van der Waals surface area contributed by atoms with Gasteiger partial charge in [0.25, 0.3) is 0 Å². The molecule has 1 aromatic carbocycles. The highest BCUT2D eigenvalue weighted by molar-refractivity contribution is 6.07. The molecule has 94 valence electrons. The summed E-state index contributed by atoms with van der Waals surface area (Å²) in [6.07, 6.45) is 8.25. The number of nitrogens with zero attached hydrogens (tertiary/aromatic N) is 2. The van der Waals surface area contributed by atoms with Crippen LogP contribution in [-0.4, -0.2) is 16.2 Å². The third-order valence-electron chi connectivity index (χ3n) is 3.16. The number of pyridine rings is 1. The molecule has 0 spiro atoms. The van der Waals surface area contributed by atoms with Gasteiger partial charge in [-0.2, -0.15) is 0 Å². The Morgan fingerprint density at radius 1 is 1.21 bits per heavy atom. The largest absolute Gasteiger partial charge is 0.353 e. The molecule has 3 aromatic rings. The molecule has 2 aromatic heterocycles. The molecule has 19 heavy (non-hydrogen) atoms. The van der Waals surface area contributed by atoms with Crippen molar-refractivity contribution in [1.29, 1.82) is 0 Å². The maximum absolute atomic E-state index is 4.47. The lowest BCUT2D eigenvalue weighted by Gasteiger charge is -1.97. The molecule has 0 bridgehead atoms. The van der Waals surface area contributed by atoms with Gasteiger partial charge in [0.1, 0.15) is 0 Å². The van der Waals surface area contributed by atoms with Crippen LogP contribution in [-0.2, 0) is 6.42 Å². The van der Waals surface area contributed by atoms with E-state index in [4.69, 9.17) is 0 Å². The van der Waals surface area contributed by atoms with Crippen molar-refractivity contribution in [2.75, 3.05) is 0 Å². The Bertz CT molecular complexity index is 766. The van der Waals surface area contributed by atoms with Crippen LogP contribution < -0.4 is 0 Å². The van der Waals surface area contributed by atoms with E-state index in [1.54, 1.807) is 6.21 Å². The van der Waals surface area contributed by atoms with Gasteiger partial charge in [-0.05, 0) is 19.1 Å². The van der Waals surface area contributed by atoms with Crippen molar-refractivity contribution in [3.05, 3.63) is 54.5 Å². The first-order valence-electron chi connectivity index (χ1n) is 6.37. The Morgan fingerprint density at radius 3 is 3.00 bits per heavy atom. The zero-order chi connectivity index (χ0) is 13.1. The number of para-hydroxylation sites is 1. The summed E-state index contributed by atoms with van der Waals surface area (Å²) in [4.78, 5) is 12.0. The maximum atomic E-state index is 4.47. The van der Waals surface area contributed by atoms with E-state index in [9.17, 15) is 0 Å². The molecule has 0 saturated carbocycles. The van der Waals surface area contributed by atoms with Gasteiger partial charge in [-0.15, -0.1) is 0 Å². The molecule has 3 heteroatoms. The normalized spacial score (nSPS) is 12.3. The van der Waals surface area contributed by atoms with Crippen molar-refractivity contribution < 1.29 is 0 Å². The highest BCUT2D eigenvalue weighted by Crippen LogP contribution is 2.26. The molecule has 0 fully saturated rings. The van der Waals surface area contributed by atoms with Gasteiger partial charge in [0.2, 0.25) is 0 Å². The molecule has 0 atom stereocenters. The maximum Gasteiger partial charge on any atom is 0.0687 e. The molecule has 3 rings (SSSR count). The standard InChI is InChI=1S/C16H15N3/c1-2-17-10-5-8-15-16-13(9-11-18-15)12-6-3-4-7-14(12)19-16/h2-7,9-11,19H,8H2,1H3/b10-5-,17-2?. The third kappa shape index (κ3) is 2.15. The van der Waals surface area contributed by atoms with E-state index in [1.807, 2.05) is 31.5 Å². The average molecular weight is 249 g/mol. The summed E-state index contributed by atoms with van der Waals surface area (Å²) in [5.41, 5.74) is 3.33. The topological polar surface area (TPSA) is 41.0 Å². The van der Waals surface area contributed by atoms with E-state index < -0.39 is 0 Å². The molecule has 0 aliphatic carbocycles. The fourth-order valence-corrected chi connectivity index (χ4v) is 2.30. The average Bonchev–Trinajstić information content (AvgIpc) is 2.83. The quantitative estimate of drug-likeness (QED) is 0.703. The van der Waals surface area contributed by atoms with Crippen molar-refractivity contribution >= 4 is 28.0 Å². The van der Waals surface area contributed by atoms with Crippen LogP contribution in [0.25, 0.3) is 21.8 Å². The Balaban J connectivity index is 2.10. The minimum absolute atomic E-state index is 0.779. The van der Waals surface area contributed by atoms with Gasteiger partial charge < -0.3 is 4.98 Å². The van der Waals surface area contributed by atoms with Crippen molar-refractivity contribution in [3.8, 4) is 0 Å². The van der Waals surface area contributed by atoms with Gasteiger partial charge >= 0.3 is 0 Å². The van der Waals surface area contributed by atoms with E-state index in [2.05, 4.69) is 39.2 Å². The van der Waals surface area contributed by atoms with Gasteiger partial charge in [-0.3, -0.25) is 9.98 Å². The summed E-state index contributed by atoms with van der Waals surface area (Å²) >= 11 is 0. The van der Waals surface area contributed by atoms with Gasteiger partial charge in [0.05, 0.1) is 11.2 Å². The molecule has 0 aliphatic rings. The molecule has 0 radical (unpaired) electrons. The Morgan fingerprint density at radius 2 is 2.11 bits per heavy atom. The zero-order valence-electron chi connectivity index (χ0n) is 10.8. The molecule has 0 unspecified atom stereocenters. The van der Waals surface area contributed by atoms with Crippen LogP contribution in [0.2, 0.25) is 0 Å². The zero-order valence-corrected chi connectivity index (χ0v) is 10.8. The Labute approximate surface area is 111 Å². The second kappa shape index (κ2) is 5.06. The highest BCUT2D eigenvalue weighted by atomic mass is 14.8. The van der Waals surface area contributed by atoms with Gasteiger partial charge in [0.15, 0.2) is 0 Å². The van der Waals surface area contributed by atoms with Crippen molar-refractivity contribution in [2.45, 2.75) is 13.3 Å². The van der Waals surface area contributed by atoms with E-state index >= 15 is 0 Å². The first-order chi connectivity index (χ1) is 9.40. The summed E-state index contributed by atoms with van der Waals surface area (Å²) < 4.78 is 0. The smallest absolute Gasteiger partial charge is 0.0687 e. The second-order valence-electron chi connectivity index (χ2n) is 4.35. The SMILES string of the molecule is CC=N/C=C\Cc1nccc2c1[nH]c1ccccc12. The molecule has 3 nitrogen and oxygen atoms in total. The molecular formula is C16H15N3. The predicted molar refractivity (Wildman–Crippen MR) is 80.6 cm³/mol. The molecule has 0 amide bonds. The molecule has 0 saturated heterocycles. The number of aliphatic imine (C=N–C) groups is 1. The number of aromatic nitrogens is 2. The van der Waals surface area contributed by atoms with E-state index in [0.29, 0.717) is 0 Å². The van der Waals surface area contributed by atoms with Gasteiger partial charge in [-0.25, -0.2) is 0 Å². The number of allylic oxidation sites excluding steroid dienone is 1. The van der Waals surface area contributed by atoms with Crippen molar-refractivity contribution in [1.82, 2.24) is 9.97 Å². The fraction of sp³-hybridized carbons (Fsp3) is 0.125. The first-order valence-corrected chi connectivity index (χ1v) is 6.37. The van der Waals surface area contributed by atoms with E-state index in [1.165, 1.54) is 10.8 Å². The molecule has 2 heterocycles. The van der Waals surface area contributed by atoms with Crippen LogP contribution >= 0.6 is 0 Å². The van der Waals surface area contributed by atoms with Gasteiger partial charge in [-0.1, -0.05) is 24.3 Å². The summed E-state index contributed by atoms with van der Waals surface area (Å²) in [7, 11) is 0. The lowest BCUT2D eigenvalue weighted by Crippen LogP contribution is -1.88. The minimum atomic E-state index is 0.779. The summed E-state index contributed by atoms with van der Waals surface area (Å²) in [6, 6.07) is 10.4. The Kier molecular flexibility index (Phi) is 3.11. The van der Waals surface area contributed by atoms with Crippen molar-refractivity contribution in [3.63, 3.8) is 0 Å². The number of fused-ring (bicyclic) bond motifs is 3. The van der Waals surface area contributed by atoms with Crippen LogP contribution in [0.5, 0.6) is 0 Å². The highest BCUT2D eigenvalue weighted by Gasteiger charge is 2.07. The van der Waals surface area contributed by atoms with Gasteiger partial charge in [0, 0.05) is 41.3 Å². The number of rotatable bonds is 3. The van der Waals surface area contributed by atoms with Crippen LogP contribution in [0.4, 0.5) is 0 Å². The number of benzene rings is 1. The van der Waals surface area contributed by atoms with E-state index in [0.717, 1.165) is 23.1 Å². The second-order valence-corrected chi connectivity index (χ2v) is 4.35. The lowest BCUT2D eigenvalue weighted by molar-refractivity contribution is 1.12. The summed E-state index contributed by atoms with van der Waals surface area (Å²) in [5.74, 6) is 0. The van der Waals surface area contributed by atoms with Crippen molar-refractivity contribution in [2.24, 2.45) is 4.99 Å². The molecule has 0 aliphatic heterocycles. The molecular weight excluding hydrogens is 234 g/mol. The fourth-order valence-electron chi connectivity index (χ4n) is 2.30. The van der Waals surface area contributed by atoms with E-state index in [-0.39, 0.29) is 0 Å². The number of nitrogens with one attached hydrogen (secondary N) is 1. The monoisotopic (exact) mass is 249 g/mol. The number of aromatic amines is 1. The van der Waals surface area contributed by atoms with Crippen LogP contribution in [0.3, 0.4) is 0 Å². The number of hydrogen-bond donors (Lipinski definition) is 1. The van der Waals surface area contributed by atoms with Crippen LogP contribution in [0.1, 0.15) is 12.6 Å². The number of H-pyrrole nitrogens is 1. The number of hydrogen-bond acceptors (Lipinski definition) is 2. The van der Waals surface area contributed by atoms with Crippen LogP contribution in [0.15, 0.2) is 53.8 Å². The first kappa shape index (κ1) is 11.7. The molecule has 1 N–H and O–H groups in total.